The highest BCUT2D eigenvalue weighted by Crippen LogP contribution is 2.29. The van der Waals surface area contributed by atoms with Crippen molar-refractivity contribution >= 4 is 37.4 Å². The number of hydrogen-bond acceptors (Lipinski definition) is 5. The van der Waals surface area contributed by atoms with E-state index in [1.807, 2.05) is 54.6 Å². The normalized spacial score (nSPS) is 11.6. The topological polar surface area (TPSA) is 72.0 Å². The predicted octanol–water partition coefficient (Wildman–Crippen LogP) is 4.34. The number of hydrogen-bond donors (Lipinski definition) is 1. The van der Waals surface area contributed by atoms with E-state index in [9.17, 15) is 8.42 Å². The van der Waals surface area contributed by atoms with Crippen molar-refractivity contribution in [3.63, 3.8) is 0 Å². The van der Waals surface area contributed by atoms with Crippen LogP contribution in [0.25, 0.3) is 20.9 Å². The van der Waals surface area contributed by atoms with E-state index in [0.29, 0.717) is 12.1 Å². The monoisotopic (exact) mass is 395 g/mol. The van der Waals surface area contributed by atoms with Crippen LogP contribution in [-0.4, -0.2) is 24.1 Å². The van der Waals surface area contributed by atoms with Gasteiger partial charge in [-0.15, -0.1) is 0 Å². The lowest BCUT2D eigenvalue weighted by molar-refractivity contribution is 0.600. The molecule has 0 bridgehead atoms. The summed E-state index contributed by atoms with van der Waals surface area (Å²) in [5.41, 5.74) is 3.35. The van der Waals surface area contributed by atoms with Crippen molar-refractivity contribution in [2.75, 3.05) is 10.5 Å². The minimum Gasteiger partial charge on any atom is -0.284 e. The third kappa shape index (κ3) is 4.32. The Kier molecular flexibility index (Phi) is 4.87. The van der Waals surface area contributed by atoms with Crippen LogP contribution in [0.1, 0.15) is 5.56 Å². The summed E-state index contributed by atoms with van der Waals surface area (Å²) in [7, 11) is -3.40. The average molecular weight is 396 g/mol. The Morgan fingerprint density at radius 1 is 0.926 bits per heavy atom. The predicted molar refractivity (Wildman–Crippen MR) is 110 cm³/mol. The van der Waals surface area contributed by atoms with Gasteiger partial charge in [-0.1, -0.05) is 41.7 Å². The lowest BCUT2D eigenvalue weighted by atomic mass is 10.2. The Bertz CT molecular complexity index is 1120. The Labute approximate surface area is 161 Å². The molecule has 0 spiro atoms. The van der Waals surface area contributed by atoms with Gasteiger partial charge in [-0.05, 0) is 48.4 Å². The van der Waals surface area contributed by atoms with Gasteiger partial charge < -0.3 is 0 Å². The molecule has 4 rings (SSSR count). The molecule has 1 N–H and O–H groups in total. The molecule has 0 aliphatic rings. The first-order chi connectivity index (χ1) is 13.1. The molecule has 2 aromatic heterocycles. The third-order valence-electron chi connectivity index (χ3n) is 4.07. The first kappa shape index (κ1) is 17.6. The van der Waals surface area contributed by atoms with Crippen LogP contribution in [0.15, 0.2) is 72.9 Å². The minimum atomic E-state index is -3.40. The van der Waals surface area contributed by atoms with Gasteiger partial charge in [-0.3, -0.25) is 4.72 Å². The van der Waals surface area contributed by atoms with E-state index in [0.717, 1.165) is 26.5 Å². The lowest BCUT2D eigenvalue weighted by Crippen LogP contribution is -2.18. The Balaban J connectivity index is 1.45. The lowest BCUT2D eigenvalue weighted by Gasteiger charge is -2.08. The van der Waals surface area contributed by atoms with Crippen LogP contribution >= 0.6 is 11.3 Å². The van der Waals surface area contributed by atoms with Crippen molar-refractivity contribution in [2.45, 2.75) is 6.42 Å². The van der Waals surface area contributed by atoms with Crippen molar-refractivity contribution in [1.82, 2.24) is 9.97 Å². The highest BCUT2D eigenvalue weighted by molar-refractivity contribution is 7.92. The van der Waals surface area contributed by atoms with Gasteiger partial charge in [0.15, 0.2) is 0 Å². The maximum atomic E-state index is 12.3. The minimum absolute atomic E-state index is 0.0440. The van der Waals surface area contributed by atoms with Crippen molar-refractivity contribution in [1.29, 1.82) is 0 Å². The molecule has 0 amide bonds. The first-order valence-corrected chi connectivity index (χ1v) is 10.9. The third-order valence-corrected chi connectivity index (χ3v) is 6.39. The number of aromatic nitrogens is 2. The van der Waals surface area contributed by atoms with Crippen molar-refractivity contribution < 1.29 is 8.42 Å². The van der Waals surface area contributed by atoms with Crippen molar-refractivity contribution in [3.8, 4) is 10.6 Å². The van der Waals surface area contributed by atoms with Gasteiger partial charge >= 0.3 is 0 Å². The van der Waals surface area contributed by atoms with Gasteiger partial charge in [-0.2, -0.15) is 0 Å². The molecule has 0 fully saturated rings. The molecule has 4 aromatic rings. The summed E-state index contributed by atoms with van der Waals surface area (Å²) in [5.74, 6) is 0.0440. The fourth-order valence-electron chi connectivity index (χ4n) is 2.70. The van der Waals surface area contributed by atoms with E-state index >= 15 is 0 Å². The summed E-state index contributed by atoms with van der Waals surface area (Å²) >= 11 is 1.51. The van der Waals surface area contributed by atoms with Crippen molar-refractivity contribution in [2.24, 2.45) is 0 Å². The molecule has 2 heterocycles. The van der Waals surface area contributed by atoms with Crippen LogP contribution in [0.4, 0.5) is 5.69 Å². The molecular weight excluding hydrogens is 378 g/mol. The zero-order valence-corrected chi connectivity index (χ0v) is 16.0. The van der Waals surface area contributed by atoms with Crippen LogP contribution in [0.5, 0.6) is 0 Å². The smallest absolute Gasteiger partial charge is 0.233 e. The first-order valence-electron chi connectivity index (χ1n) is 8.45. The molecule has 0 saturated carbocycles. The highest BCUT2D eigenvalue weighted by atomic mass is 32.2. The molecule has 0 radical (unpaired) electrons. The van der Waals surface area contributed by atoms with Crippen LogP contribution in [0.3, 0.4) is 0 Å². The SMILES string of the molecule is O=S(=O)(CCc1ccccc1)Nc1ccc(-c2nc3cccnc3s2)cc1. The molecule has 136 valence electrons. The number of anilines is 1. The maximum Gasteiger partial charge on any atom is 0.233 e. The van der Waals surface area contributed by atoms with E-state index in [1.165, 1.54) is 11.3 Å². The number of pyridine rings is 1. The van der Waals surface area contributed by atoms with Gasteiger partial charge in [-0.25, -0.2) is 18.4 Å². The molecular formula is C20H17N3O2S2. The Morgan fingerprint density at radius 3 is 2.44 bits per heavy atom. The molecule has 0 saturated heterocycles. The van der Waals surface area contributed by atoms with Crippen LogP contribution in [0, 0.1) is 0 Å². The number of thiazole rings is 1. The average Bonchev–Trinajstić information content (AvgIpc) is 3.12. The molecule has 0 aliphatic carbocycles. The number of nitrogens with one attached hydrogen (secondary N) is 1. The van der Waals surface area contributed by atoms with E-state index in [4.69, 9.17) is 0 Å². The number of benzene rings is 2. The second-order valence-corrected chi connectivity index (χ2v) is 8.90. The highest BCUT2D eigenvalue weighted by Gasteiger charge is 2.12. The van der Waals surface area contributed by atoms with Crippen LogP contribution < -0.4 is 4.72 Å². The largest absolute Gasteiger partial charge is 0.284 e. The van der Waals surface area contributed by atoms with E-state index in [2.05, 4.69) is 14.7 Å². The number of fused-ring (bicyclic) bond motifs is 1. The summed E-state index contributed by atoms with van der Waals surface area (Å²) in [6.07, 6.45) is 2.23. The van der Waals surface area contributed by atoms with Gasteiger partial charge in [0.25, 0.3) is 0 Å². The standard InChI is InChI=1S/C20H17N3O2S2/c24-27(25,14-12-15-5-2-1-3-6-15)23-17-10-8-16(9-11-17)19-22-18-7-4-13-21-20(18)26-19/h1-11,13,23H,12,14H2. The molecule has 0 aliphatic heterocycles. The van der Waals surface area contributed by atoms with Gasteiger partial charge in [0.2, 0.25) is 10.0 Å². The van der Waals surface area contributed by atoms with Crippen LogP contribution in [0.2, 0.25) is 0 Å². The summed E-state index contributed by atoms with van der Waals surface area (Å²) in [6.45, 7) is 0. The molecule has 0 atom stereocenters. The van der Waals surface area contributed by atoms with E-state index in [1.54, 1.807) is 18.3 Å². The summed E-state index contributed by atoms with van der Waals surface area (Å²) < 4.78 is 27.3. The zero-order chi connectivity index (χ0) is 18.7. The summed E-state index contributed by atoms with van der Waals surface area (Å²) in [4.78, 5) is 9.76. The number of rotatable bonds is 6. The van der Waals surface area contributed by atoms with Gasteiger partial charge in [0.05, 0.1) is 5.75 Å². The number of sulfonamides is 1. The Hall–Kier alpha value is -2.77. The molecule has 2 aromatic carbocycles. The molecule has 7 heteroatoms. The zero-order valence-electron chi connectivity index (χ0n) is 14.4. The Morgan fingerprint density at radius 2 is 1.70 bits per heavy atom. The molecule has 27 heavy (non-hydrogen) atoms. The van der Waals surface area contributed by atoms with Crippen molar-refractivity contribution in [3.05, 3.63) is 78.5 Å². The maximum absolute atomic E-state index is 12.3. The van der Waals surface area contributed by atoms with Gasteiger partial charge in [0.1, 0.15) is 15.4 Å². The summed E-state index contributed by atoms with van der Waals surface area (Å²) in [6, 6.07) is 20.6. The van der Waals surface area contributed by atoms with E-state index < -0.39 is 10.0 Å². The molecule has 5 nitrogen and oxygen atoms in total. The van der Waals surface area contributed by atoms with Gasteiger partial charge in [0, 0.05) is 17.4 Å². The fourth-order valence-corrected chi connectivity index (χ4v) is 4.72. The number of nitrogens with zero attached hydrogens (tertiary/aromatic N) is 2. The fraction of sp³-hybridized carbons (Fsp3) is 0.100. The number of aryl methyl sites for hydroxylation is 1. The molecule has 0 unspecified atom stereocenters. The summed E-state index contributed by atoms with van der Waals surface area (Å²) in [5, 5.41) is 0.863. The quantitative estimate of drug-likeness (QED) is 0.527. The second kappa shape index (κ2) is 7.46. The second-order valence-electron chi connectivity index (χ2n) is 6.08. The van der Waals surface area contributed by atoms with Crippen LogP contribution in [-0.2, 0) is 16.4 Å². The van der Waals surface area contributed by atoms with E-state index in [-0.39, 0.29) is 5.75 Å².